The Hall–Kier alpha value is -3.63. The van der Waals surface area contributed by atoms with E-state index < -0.39 is 32.9 Å². The first-order valence-electron chi connectivity index (χ1n) is 9.44. The number of rotatable bonds is 9. The molecule has 0 fully saturated rings. The standard InChI is InChI=1S/C22H21N3O6S/c1-23-18-19(21(27)20(18)26)24-16-6-4-5-15(12-16)14-9-7-13(8-10-14)11-17(22(28)31-2)25-32(3,29)30/h4-10,12,17,24-25H,1,11H2,2-3H3. The highest BCUT2D eigenvalue weighted by Crippen LogP contribution is 2.27. The van der Waals surface area contributed by atoms with E-state index in [0.717, 1.165) is 22.9 Å². The lowest BCUT2D eigenvalue weighted by Crippen LogP contribution is -2.42. The van der Waals surface area contributed by atoms with Crippen molar-refractivity contribution in [1.29, 1.82) is 0 Å². The van der Waals surface area contributed by atoms with Gasteiger partial charge in [-0.1, -0.05) is 36.4 Å². The minimum Gasteiger partial charge on any atom is -0.468 e. The number of ether oxygens (including phenoxy) is 1. The summed E-state index contributed by atoms with van der Waals surface area (Å²) in [6, 6.07) is 13.4. The van der Waals surface area contributed by atoms with E-state index in [0.29, 0.717) is 5.69 Å². The molecule has 0 amide bonds. The maximum absolute atomic E-state index is 11.9. The Morgan fingerprint density at radius 1 is 1.09 bits per heavy atom. The number of nitrogens with zero attached hydrogens (tertiary/aromatic N) is 1. The number of aliphatic imine (C=N–C) groups is 1. The number of nitrogens with one attached hydrogen (secondary N) is 2. The summed E-state index contributed by atoms with van der Waals surface area (Å²) in [6.45, 7) is 3.30. The highest BCUT2D eigenvalue weighted by Gasteiger charge is 2.23. The van der Waals surface area contributed by atoms with Gasteiger partial charge in [-0.15, -0.1) is 0 Å². The maximum atomic E-state index is 11.9. The fraction of sp³-hybridized carbons (Fsp3) is 0.182. The van der Waals surface area contributed by atoms with Crippen LogP contribution in [0, 0.1) is 0 Å². The van der Waals surface area contributed by atoms with Crippen LogP contribution in [0.5, 0.6) is 0 Å². The molecule has 3 rings (SSSR count). The molecule has 0 aliphatic carbocycles. The van der Waals surface area contributed by atoms with Gasteiger partial charge in [0, 0.05) is 5.69 Å². The molecule has 1 unspecified atom stereocenters. The van der Waals surface area contributed by atoms with Crippen LogP contribution in [0.4, 0.5) is 17.1 Å². The van der Waals surface area contributed by atoms with Crippen LogP contribution in [0.15, 0.2) is 63.1 Å². The second-order valence-electron chi connectivity index (χ2n) is 7.11. The van der Waals surface area contributed by atoms with Crippen molar-refractivity contribution in [2.45, 2.75) is 12.5 Å². The van der Waals surface area contributed by atoms with Gasteiger partial charge in [0.15, 0.2) is 0 Å². The lowest BCUT2D eigenvalue weighted by atomic mass is 10.0. The van der Waals surface area contributed by atoms with Crippen LogP contribution in [0.25, 0.3) is 11.1 Å². The molecule has 0 bridgehead atoms. The van der Waals surface area contributed by atoms with Crippen molar-refractivity contribution in [1.82, 2.24) is 4.72 Å². The normalized spacial score (nSPS) is 12.3. The Bertz CT molecular complexity index is 1340. The second kappa shape index (κ2) is 9.25. The zero-order valence-corrected chi connectivity index (χ0v) is 18.2. The van der Waals surface area contributed by atoms with Crippen LogP contribution < -0.4 is 20.9 Å². The number of hydrogen-bond donors (Lipinski definition) is 2. The van der Waals surface area contributed by atoms with Gasteiger partial charge < -0.3 is 10.1 Å². The summed E-state index contributed by atoms with van der Waals surface area (Å²) in [5.41, 5.74) is 1.88. The highest BCUT2D eigenvalue weighted by molar-refractivity contribution is 7.88. The molecule has 0 saturated carbocycles. The molecule has 0 aliphatic rings. The predicted octanol–water partition coefficient (Wildman–Crippen LogP) is 1.66. The first-order chi connectivity index (χ1) is 15.1. The summed E-state index contributed by atoms with van der Waals surface area (Å²) in [5, 5.41) is 2.91. The molecule has 1 atom stereocenters. The van der Waals surface area contributed by atoms with E-state index in [4.69, 9.17) is 0 Å². The molecule has 32 heavy (non-hydrogen) atoms. The molecule has 0 heterocycles. The number of carbonyl (C=O) groups excluding carboxylic acids is 1. The minimum atomic E-state index is -3.59. The van der Waals surface area contributed by atoms with Gasteiger partial charge in [-0.25, -0.2) is 13.1 Å². The zero-order valence-electron chi connectivity index (χ0n) is 17.4. The Morgan fingerprint density at radius 2 is 1.78 bits per heavy atom. The van der Waals surface area contributed by atoms with E-state index in [1.165, 1.54) is 7.11 Å². The summed E-state index contributed by atoms with van der Waals surface area (Å²) >= 11 is 0. The minimum absolute atomic E-state index is 0.0209. The Kier molecular flexibility index (Phi) is 6.66. The summed E-state index contributed by atoms with van der Waals surface area (Å²) in [6.07, 6.45) is 1.10. The predicted molar refractivity (Wildman–Crippen MR) is 123 cm³/mol. The number of sulfonamides is 1. The highest BCUT2D eigenvalue weighted by atomic mass is 32.2. The van der Waals surface area contributed by atoms with Crippen molar-refractivity contribution in [2.24, 2.45) is 4.99 Å². The van der Waals surface area contributed by atoms with Crippen LogP contribution in [0.3, 0.4) is 0 Å². The van der Waals surface area contributed by atoms with Crippen LogP contribution in [0.1, 0.15) is 5.56 Å². The van der Waals surface area contributed by atoms with Crippen molar-refractivity contribution in [3.8, 4) is 11.1 Å². The smallest absolute Gasteiger partial charge is 0.324 e. The third-order valence-corrected chi connectivity index (χ3v) is 5.46. The molecule has 0 saturated heterocycles. The monoisotopic (exact) mass is 455 g/mol. The van der Waals surface area contributed by atoms with Crippen molar-refractivity contribution >= 4 is 39.8 Å². The van der Waals surface area contributed by atoms with Crippen LogP contribution >= 0.6 is 0 Å². The zero-order chi connectivity index (χ0) is 23.5. The number of benzene rings is 2. The lowest BCUT2D eigenvalue weighted by Gasteiger charge is -2.15. The van der Waals surface area contributed by atoms with E-state index in [-0.39, 0.29) is 17.8 Å². The van der Waals surface area contributed by atoms with Gasteiger partial charge in [-0.2, -0.15) is 0 Å². The van der Waals surface area contributed by atoms with Gasteiger partial charge in [0.2, 0.25) is 10.0 Å². The molecule has 0 aromatic heterocycles. The van der Waals surface area contributed by atoms with Gasteiger partial charge in [0.1, 0.15) is 17.4 Å². The SMILES string of the molecule is C=Nc1c(Nc2cccc(-c3ccc(CC(NS(C)(=O)=O)C(=O)OC)cc3)c2)c(=O)c1=O. The topological polar surface area (TPSA) is 131 Å². The number of carbonyl (C=O) groups is 1. The first-order valence-corrected chi connectivity index (χ1v) is 11.3. The molecule has 166 valence electrons. The molecule has 0 spiro atoms. The van der Waals surface area contributed by atoms with E-state index in [9.17, 15) is 22.8 Å². The van der Waals surface area contributed by atoms with Gasteiger partial charge >= 0.3 is 5.97 Å². The average Bonchev–Trinajstić information content (AvgIpc) is 2.77. The Morgan fingerprint density at radius 3 is 2.38 bits per heavy atom. The molecule has 0 radical (unpaired) electrons. The van der Waals surface area contributed by atoms with Crippen LogP contribution in [-0.2, 0) is 26.0 Å². The molecule has 9 nitrogen and oxygen atoms in total. The third kappa shape index (κ3) is 5.16. The second-order valence-corrected chi connectivity index (χ2v) is 8.89. The molecular weight excluding hydrogens is 434 g/mol. The number of methoxy groups -OCH3 is 1. The summed E-state index contributed by atoms with van der Waals surface area (Å²) in [5.74, 6) is -0.676. The number of anilines is 2. The largest absolute Gasteiger partial charge is 0.468 e. The molecule has 2 N–H and O–H groups in total. The summed E-state index contributed by atoms with van der Waals surface area (Å²) < 4.78 is 30.0. The fourth-order valence-electron chi connectivity index (χ4n) is 3.21. The third-order valence-electron chi connectivity index (χ3n) is 4.74. The van der Waals surface area contributed by atoms with E-state index >= 15 is 0 Å². The van der Waals surface area contributed by atoms with E-state index in [2.05, 4.69) is 26.5 Å². The van der Waals surface area contributed by atoms with Gasteiger partial charge in [0.05, 0.1) is 13.4 Å². The maximum Gasteiger partial charge on any atom is 0.324 e. The first kappa shape index (κ1) is 23.0. The fourth-order valence-corrected chi connectivity index (χ4v) is 3.91. The number of esters is 1. The summed E-state index contributed by atoms with van der Waals surface area (Å²) in [4.78, 5) is 38.7. The van der Waals surface area contributed by atoms with Crippen molar-refractivity contribution in [3.63, 3.8) is 0 Å². The van der Waals surface area contributed by atoms with Crippen LogP contribution in [-0.4, -0.2) is 40.5 Å². The molecule has 10 heteroatoms. The van der Waals surface area contributed by atoms with Crippen molar-refractivity contribution in [3.05, 3.63) is 74.5 Å². The van der Waals surface area contributed by atoms with Crippen molar-refractivity contribution < 1.29 is 17.9 Å². The quantitative estimate of drug-likeness (QED) is 0.285. The number of hydrogen-bond acceptors (Lipinski definition) is 8. The summed E-state index contributed by atoms with van der Waals surface area (Å²) in [7, 11) is -2.40. The van der Waals surface area contributed by atoms with E-state index in [1.807, 2.05) is 18.2 Å². The van der Waals surface area contributed by atoms with Gasteiger partial charge in [-0.3, -0.25) is 19.4 Å². The Labute approximate surface area is 184 Å². The van der Waals surface area contributed by atoms with Gasteiger partial charge in [0.25, 0.3) is 10.9 Å². The molecule has 3 aromatic carbocycles. The molecular formula is C22H21N3O6S. The molecule has 0 aliphatic heterocycles. The molecule has 3 aromatic rings. The van der Waals surface area contributed by atoms with Gasteiger partial charge in [-0.05, 0) is 42.0 Å². The lowest BCUT2D eigenvalue weighted by molar-refractivity contribution is -0.142. The average molecular weight is 455 g/mol. The van der Waals surface area contributed by atoms with E-state index in [1.54, 1.807) is 30.3 Å². The Balaban J connectivity index is 1.78. The van der Waals surface area contributed by atoms with Crippen molar-refractivity contribution in [2.75, 3.05) is 18.7 Å². The van der Waals surface area contributed by atoms with Crippen LogP contribution in [0.2, 0.25) is 0 Å².